The van der Waals surface area contributed by atoms with E-state index in [1.165, 1.54) is 0 Å². The van der Waals surface area contributed by atoms with Crippen LogP contribution < -0.4 is 0 Å². The molecule has 0 radical (unpaired) electrons. The molecule has 0 aromatic carbocycles. The third-order valence-electron chi connectivity index (χ3n) is 0.174. The Hall–Kier alpha value is 1.02. The van der Waals surface area contributed by atoms with Crippen LogP contribution in [0.25, 0.3) is 0 Å². The first-order chi connectivity index (χ1) is 2.41. The van der Waals surface area contributed by atoms with Crippen molar-refractivity contribution in [1.29, 1.82) is 0 Å². The number of halogens is 1. The summed E-state index contributed by atoms with van der Waals surface area (Å²) in [5, 5.41) is 0. The number of hydrogen-bond donors (Lipinski definition) is 0. The van der Waals surface area contributed by atoms with Gasteiger partial charge in [0.05, 0.1) is 0 Å². The molecule has 4 heteroatoms. The van der Waals surface area contributed by atoms with Gasteiger partial charge in [-0.2, -0.15) is 0 Å². The monoisotopic (exact) mass is 199 g/mol. The van der Waals surface area contributed by atoms with E-state index in [1.807, 2.05) is 0 Å². The van der Waals surface area contributed by atoms with Gasteiger partial charge < -0.3 is 0 Å². The van der Waals surface area contributed by atoms with E-state index in [9.17, 15) is 0 Å². The fraction of sp³-hybridized carbons (Fsp3) is 1.00. The van der Waals surface area contributed by atoms with Crippen LogP contribution in [0.4, 0.5) is 0 Å². The Balaban J connectivity index is 2.62. The normalized spacial score (nSPS) is 8.40. The Kier molecular flexibility index (Phi) is 6.05. The predicted octanol–water partition coefficient (Wildman–Crippen LogP) is 1.06. The molecule has 0 bridgehead atoms. The van der Waals surface area contributed by atoms with Crippen molar-refractivity contribution in [2.75, 3.05) is 6.29 Å². The van der Waals surface area contributed by atoms with Gasteiger partial charge in [0.15, 0.2) is 0 Å². The average molecular weight is 199 g/mol. The second kappa shape index (κ2) is 5.02. The molecule has 0 aliphatic carbocycles. The van der Waals surface area contributed by atoms with Crippen molar-refractivity contribution in [1.82, 2.24) is 0 Å². The van der Waals surface area contributed by atoms with Gasteiger partial charge >= 0.3 is 47.7 Å². The molecule has 0 N–H and O–H groups in total. The van der Waals surface area contributed by atoms with Crippen LogP contribution in [-0.2, 0) is 0 Å². The van der Waals surface area contributed by atoms with Crippen molar-refractivity contribution in [3.63, 3.8) is 0 Å². The topological polar surface area (TPSA) is 12.4 Å². The predicted molar refractivity (Wildman–Crippen MR) is 36.8 cm³/mol. The molecule has 1 nitrogen and oxygen atoms in total. The average Bonchev–Trinajstić information content (AvgIpc) is 1.41. The van der Waals surface area contributed by atoms with Gasteiger partial charge in [-0.3, -0.25) is 0 Å². The van der Waals surface area contributed by atoms with Crippen LogP contribution in [0.3, 0.4) is 0 Å². The summed E-state index contributed by atoms with van der Waals surface area (Å²) in [6, 6.07) is 0. The van der Waals surface area contributed by atoms with Crippen molar-refractivity contribution < 1.29 is 0 Å². The second-order valence-corrected chi connectivity index (χ2v) is 1.38. The second-order valence-electron chi connectivity index (χ2n) is 0.463. The first kappa shape index (κ1) is 6.02. The number of rotatable bonds is 1. The van der Waals surface area contributed by atoms with Crippen LogP contribution in [0.2, 0.25) is 0 Å². The first-order valence-corrected chi connectivity index (χ1v) is 3.26. The van der Waals surface area contributed by atoms with Crippen LogP contribution in [0.15, 0.2) is 4.90 Å². The zero-order chi connectivity index (χ0) is 4.12. The van der Waals surface area contributed by atoms with Crippen molar-refractivity contribution in [2.24, 2.45) is 4.90 Å². The van der Waals surface area contributed by atoms with Crippen LogP contribution in [-0.4, -0.2) is 11.2 Å². The van der Waals surface area contributed by atoms with Gasteiger partial charge in [-0.1, -0.05) is 0 Å². The van der Waals surface area contributed by atoms with E-state index < -0.39 is 0 Å². The van der Waals surface area contributed by atoms with Crippen LogP contribution in [0, 0.1) is 0 Å². The molecule has 0 aromatic rings. The molecular formula is CH4BINP. The van der Waals surface area contributed by atoms with Crippen molar-refractivity contribution >= 4 is 36.5 Å². The van der Waals surface area contributed by atoms with Crippen LogP contribution in [0.5, 0.6) is 0 Å². The minimum atomic E-state index is 0.822. The van der Waals surface area contributed by atoms with Gasteiger partial charge in [-0.25, -0.2) is 0 Å². The van der Waals surface area contributed by atoms with Gasteiger partial charge in [-0.05, 0) is 0 Å². The molecule has 0 aliphatic rings. The molecule has 0 rings (SSSR count). The van der Waals surface area contributed by atoms with E-state index in [2.05, 4.69) is 36.5 Å². The van der Waals surface area contributed by atoms with E-state index >= 15 is 0 Å². The van der Waals surface area contributed by atoms with Gasteiger partial charge in [-0.15, -0.1) is 0 Å². The van der Waals surface area contributed by atoms with Crippen LogP contribution in [0.1, 0.15) is 0 Å². The van der Waals surface area contributed by atoms with Gasteiger partial charge in [0, 0.05) is 0 Å². The van der Waals surface area contributed by atoms with E-state index in [4.69, 9.17) is 0 Å². The fourth-order valence-corrected chi connectivity index (χ4v) is 0.802. The third-order valence-corrected chi connectivity index (χ3v) is 0.779. The molecule has 0 amide bonds. The zero-order valence-electron chi connectivity index (χ0n) is 2.69. The summed E-state index contributed by atoms with van der Waals surface area (Å²) in [5.41, 5.74) is 0. The van der Waals surface area contributed by atoms with Crippen LogP contribution >= 0.6 is 31.6 Å². The van der Waals surface area contributed by atoms with Crippen molar-refractivity contribution in [3.05, 3.63) is 0 Å². The fourth-order valence-electron chi connectivity index (χ4n) is 0.0398. The SMILES string of the molecule is PC/N=B/I. The molecular weight excluding hydrogens is 195 g/mol. The Morgan fingerprint density at radius 2 is 2.60 bits per heavy atom. The first-order valence-electron chi connectivity index (χ1n) is 1.20. The summed E-state index contributed by atoms with van der Waals surface area (Å²) in [6.45, 7) is 0. The van der Waals surface area contributed by atoms with Gasteiger partial charge in [0.1, 0.15) is 0 Å². The molecule has 1 unspecified atom stereocenters. The van der Waals surface area contributed by atoms with E-state index in [0.29, 0.717) is 0 Å². The molecule has 0 saturated heterocycles. The third kappa shape index (κ3) is 5.02. The summed E-state index contributed by atoms with van der Waals surface area (Å²) in [6.07, 6.45) is 0.822. The Labute approximate surface area is 47.9 Å². The minimum absolute atomic E-state index is 0.822. The molecule has 0 saturated carbocycles. The van der Waals surface area contributed by atoms with Gasteiger partial charge in [0.25, 0.3) is 0 Å². The molecule has 0 spiro atoms. The Bertz CT molecular complexity index is 38.6. The number of hydrogen-bond acceptors (Lipinski definition) is 1. The number of nitrogens with zero attached hydrogens (tertiary/aromatic N) is 1. The van der Waals surface area contributed by atoms with Crippen molar-refractivity contribution in [3.8, 4) is 0 Å². The van der Waals surface area contributed by atoms with E-state index in [1.54, 1.807) is 4.93 Å². The summed E-state index contributed by atoms with van der Waals surface area (Å²) in [5.74, 6) is 0. The van der Waals surface area contributed by atoms with E-state index in [-0.39, 0.29) is 0 Å². The molecule has 28 valence electrons. The molecule has 5 heavy (non-hydrogen) atoms. The molecule has 1 atom stereocenters. The van der Waals surface area contributed by atoms with Gasteiger partial charge in [0.2, 0.25) is 0 Å². The summed E-state index contributed by atoms with van der Waals surface area (Å²) in [7, 11) is 2.50. The standard InChI is InChI=1S/CH4BINP/c3-2-4-1-5/h1,5H2. The van der Waals surface area contributed by atoms with E-state index in [0.717, 1.165) is 6.29 Å². The Morgan fingerprint density at radius 3 is 2.60 bits per heavy atom. The maximum absolute atomic E-state index is 3.80. The van der Waals surface area contributed by atoms with Crippen molar-refractivity contribution in [2.45, 2.75) is 0 Å². The summed E-state index contributed by atoms with van der Waals surface area (Å²) in [4.78, 5) is 5.55. The summed E-state index contributed by atoms with van der Waals surface area (Å²) < 4.78 is 0. The summed E-state index contributed by atoms with van der Waals surface area (Å²) >= 11 is 2.08. The Morgan fingerprint density at radius 1 is 2.00 bits per heavy atom. The maximum atomic E-state index is 3.80. The molecule has 0 fully saturated rings. The molecule has 0 aliphatic heterocycles. The molecule has 0 heterocycles. The quantitative estimate of drug-likeness (QED) is 0.340. The zero-order valence-corrected chi connectivity index (χ0v) is 6.00. The molecule has 0 aromatic heterocycles.